The average molecular weight is 287 g/mol. The van der Waals surface area contributed by atoms with Crippen molar-refractivity contribution >= 4 is 5.69 Å². The molecule has 1 fully saturated rings. The molecule has 0 radical (unpaired) electrons. The highest BCUT2D eigenvalue weighted by atomic mass is 16.5. The number of hydrogen-bond donors (Lipinski definition) is 1. The lowest BCUT2D eigenvalue weighted by Gasteiger charge is -2.17. The summed E-state index contributed by atoms with van der Waals surface area (Å²) >= 11 is 0. The first-order valence-corrected chi connectivity index (χ1v) is 7.22. The Bertz CT molecular complexity index is 649. The second kappa shape index (κ2) is 5.02. The second-order valence-corrected chi connectivity index (χ2v) is 6.46. The molecule has 3 rings (SSSR count). The summed E-state index contributed by atoms with van der Waals surface area (Å²) in [6, 6.07) is 6.00. The van der Waals surface area contributed by atoms with Gasteiger partial charge in [0.1, 0.15) is 5.75 Å². The molecule has 0 saturated heterocycles. The highest BCUT2D eigenvalue weighted by molar-refractivity contribution is 5.65. The average Bonchev–Trinajstić information content (AvgIpc) is 3.05. The van der Waals surface area contributed by atoms with Gasteiger partial charge in [0, 0.05) is 5.56 Å². The number of hydrogen-bond acceptors (Lipinski definition) is 5. The Morgan fingerprint density at radius 3 is 2.86 bits per heavy atom. The van der Waals surface area contributed by atoms with Crippen LogP contribution in [0.2, 0.25) is 0 Å². The fraction of sp³-hybridized carbons (Fsp3) is 0.533. The maximum absolute atomic E-state index is 5.87. The first kappa shape index (κ1) is 13.9. The van der Waals surface area contributed by atoms with Crippen molar-refractivity contribution in [1.82, 2.24) is 20.2 Å². The molecule has 6 nitrogen and oxygen atoms in total. The van der Waals surface area contributed by atoms with Crippen molar-refractivity contribution in [3.8, 4) is 17.1 Å². The number of nitrogens with two attached hydrogens (primary N) is 1. The van der Waals surface area contributed by atoms with Crippen molar-refractivity contribution < 1.29 is 4.74 Å². The smallest absolute Gasteiger partial charge is 0.182 e. The van der Waals surface area contributed by atoms with Gasteiger partial charge < -0.3 is 10.5 Å². The highest BCUT2D eigenvalue weighted by Crippen LogP contribution is 2.44. The van der Waals surface area contributed by atoms with Crippen molar-refractivity contribution in [3.63, 3.8) is 0 Å². The van der Waals surface area contributed by atoms with Crippen molar-refractivity contribution in [2.75, 3.05) is 12.8 Å². The largest absolute Gasteiger partial charge is 0.495 e. The summed E-state index contributed by atoms with van der Waals surface area (Å²) in [5.41, 5.74) is 7.76. The van der Waals surface area contributed by atoms with Gasteiger partial charge in [0.25, 0.3) is 0 Å². The minimum atomic E-state index is 0.354. The third-order valence-electron chi connectivity index (χ3n) is 4.27. The molecular weight excluding hydrogens is 266 g/mol. The lowest BCUT2D eigenvalue weighted by Crippen LogP contribution is -2.12. The third kappa shape index (κ3) is 2.57. The second-order valence-electron chi connectivity index (χ2n) is 6.46. The molecule has 6 heteroatoms. The maximum atomic E-state index is 5.87. The first-order valence-electron chi connectivity index (χ1n) is 7.22. The molecule has 1 aromatic carbocycles. The van der Waals surface area contributed by atoms with Gasteiger partial charge >= 0.3 is 0 Å². The van der Waals surface area contributed by atoms with Crippen molar-refractivity contribution in [2.45, 2.75) is 39.2 Å². The van der Waals surface area contributed by atoms with Crippen LogP contribution < -0.4 is 10.5 Å². The standard InChI is InChI=1S/C15H21N5O/c1-15(2)7-6-11(9-15)20-14(17-18-19-20)10-4-5-12(16)13(8-10)21-3/h4-5,8,11H,6-7,9,16H2,1-3H3. The van der Waals surface area contributed by atoms with E-state index >= 15 is 0 Å². The SMILES string of the molecule is COc1cc(-c2nnnn2C2CCC(C)(C)C2)ccc1N. The molecule has 0 aliphatic heterocycles. The Morgan fingerprint density at radius 2 is 2.19 bits per heavy atom. The Hall–Kier alpha value is -2.11. The van der Waals surface area contributed by atoms with E-state index in [1.165, 1.54) is 6.42 Å². The number of aromatic nitrogens is 4. The van der Waals surface area contributed by atoms with E-state index in [1.807, 2.05) is 22.9 Å². The minimum absolute atomic E-state index is 0.354. The van der Waals surface area contributed by atoms with Crippen LogP contribution in [0, 0.1) is 5.41 Å². The third-order valence-corrected chi connectivity index (χ3v) is 4.27. The fourth-order valence-corrected chi connectivity index (χ4v) is 3.09. The quantitative estimate of drug-likeness (QED) is 0.878. The maximum Gasteiger partial charge on any atom is 0.182 e. The number of methoxy groups -OCH3 is 1. The highest BCUT2D eigenvalue weighted by Gasteiger charge is 2.34. The first-order chi connectivity index (χ1) is 10.00. The molecule has 112 valence electrons. The molecule has 1 saturated carbocycles. The normalized spacial score (nSPS) is 20.6. The van der Waals surface area contributed by atoms with E-state index in [-0.39, 0.29) is 0 Å². The van der Waals surface area contributed by atoms with E-state index in [1.54, 1.807) is 7.11 Å². The summed E-state index contributed by atoms with van der Waals surface area (Å²) in [7, 11) is 1.61. The van der Waals surface area contributed by atoms with Crippen LogP contribution in [0.1, 0.15) is 39.2 Å². The van der Waals surface area contributed by atoms with E-state index in [0.717, 1.165) is 24.2 Å². The molecule has 0 amide bonds. The monoisotopic (exact) mass is 287 g/mol. The molecule has 1 aliphatic carbocycles. The summed E-state index contributed by atoms with van der Waals surface area (Å²) in [6.45, 7) is 4.59. The summed E-state index contributed by atoms with van der Waals surface area (Å²) in [5.74, 6) is 1.42. The number of benzene rings is 1. The summed E-state index contributed by atoms with van der Waals surface area (Å²) in [4.78, 5) is 0. The van der Waals surface area contributed by atoms with Crippen molar-refractivity contribution in [2.24, 2.45) is 5.41 Å². The van der Waals surface area contributed by atoms with Crippen LogP contribution in [0.15, 0.2) is 18.2 Å². The number of nitrogen functional groups attached to an aromatic ring is 1. The topological polar surface area (TPSA) is 78.9 Å². The molecule has 2 aromatic rings. The van der Waals surface area contributed by atoms with Gasteiger partial charge in [0.2, 0.25) is 0 Å². The van der Waals surface area contributed by atoms with Crippen molar-refractivity contribution in [1.29, 1.82) is 0 Å². The molecule has 1 aromatic heterocycles. The van der Waals surface area contributed by atoms with Crippen LogP contribution in [-0.2, 0) is 0 Å². The van der Waals surface area contributed by atoms with E-state index in [2.05, 4.69) is 29.4 Å². The summed E-state index contributed by atoms with van der Waals surface area (Å²) in [6.07, 6.45) is 3.40. The molecule has 1 atom stereocenters. The Morgan fingerprint density at radius 1 is 1.38 bits per heavy atom. The van der Waals surface area contributed by atoms with Gasteiger partial charge in [-0.25, -0.2) is 4.68 Å². The molecule has 0 bridgehead atoms. The van der Waals surface area contributed by atoms with E-state index < -0.39 is 0 Å². The molecular formula is C15H21N5O. The molecule has 21 heavy (non-hydrogen) atoms. The van der Waals surface area contributed by atoms with Gasteiger partial charge in [-0.05, 0) is 53.3 Å². The van der Waals surface area contributed by atoms with Crippen LogP contribution in [0.3, 0.4) is 0 Å². The zero-order valence-corrected chi connectivity index (χ0v) is 12.7. The van der Waals surface area contributed by atoms with E-state index in [4.69, 9.17) is 10.5 Å². The molecule has 1 heterocycles. The predicted molar refractivity (Wildman–Crippen MR) is 80.9 cm³/mol. The zero-order chi connectivity index (χ0) is 15.0. The summed E-state index contributed by atoms with van der Waals surface area (Å²) < 4.78 is 7.22. The number of rotatable bonds is 3. The summed E-state index contributed by atoms with van der Waals surface area (Å²) in [5, 5.41) is 12.3. The molecule has 0 spiro atoms. The molecule has 1 aliphatic rings. The Balaban J connectivity index is 1.96. The van der Waals surface area contributed by atoms with Gasteiger partial charge in [0.05, 0.1) is 18.8 Å². The van der Waals surface area contributed by atoms with Gasteiger partial charge in [-0.3, -0.25) is 0 Å². The minimum Gasteiger partial charge on any atom is -0.495 e. The zero-order valence-electron chi connectivity index (χ0n) is 12.7. The number of ether oxygens (including phenoxy) is 1. The number of anilines is 1. The van der Waals surface area contributed by atoms with Crippen LogP contribution in [-0.4, -0.2) is 27.3 Å². The number of nitrogens with zero attached hydrogens (tertiary/aromatic N) is 4. The molecule has 2 N–H and O–H groups in total. The molecule has 1 unspecified atom stereocenters. The van der Waals surface area contributed by atoms with Gasteiger partial charge in [-0.2, -0.15) is 0 Å². The lowest BCUT2D eigenvalue weighted by molar-refractivity contribution is 0.348. The van der Waals surface area contributed by atoms with Crippen LogP contribution in [0.4, 0.5) is 5.69 Å². The Kier molecular flexibility index (Phi) is 3.31. The van der Waals surface area contributed by atoms with Gasteiger partial charge in [-0.1, -0.05) is 13.8 Å². The van der Waals surface area contributed by atoms with Gasteiger partial charge in [-0.15, -0.1) is 5.10 Å². The fourth-order valence-electron chi connectivity index (χ4n) is 3.09. The Labute approximate surface area is 124 Å². The van der Waals surface area contributed by atoms with Crippen LogP contribution >= 0.6 is 0 Å². The van der Waals surface area contributed by atoms with E-state index in [9.17, 15) is 0 Å². The number of tetrazole rings is 1. The lowest BCUT2D eigenvalue weighted by atomic mass is 9.92. The van der Waals surface area contributed by atoms with Crippen LogP contribution in [0.5, 0.6) is 5.75 Å². The predicted octanol–water partition coefficient (Wildman–Crippen LogP) is 2.68. The van der Waals surface area contributed by atoms with E-state index in [0.29, 0.717) is 22.9 Å². The van der Waals surface area contributed by atoms with Crippen molar-refractivity contribution in [3.05, 3.63) is 18.2 Å². The van der Waals surface area contributed by atoms with Gasteiger partial charge in [0.15, 0.2) is 5.82 Å². The van der Waals surface area contributed by atoms with Crippen LogP contribution in [0.25, 0.3) is 11.4 Å².